The number of nitrogens with two attached hydrogens (primary N) is 1. The quantitative estimate of drug-likeness (QED) is 0.581. The summed E-state index contributed by atoms with van der Waals surface area (Å²) < 4.78 is 5.45. The average Bonchev–Trinajstić information content (AvgIpc) is 2.65. The first-order valence-electron chi connectivity index (χ1n) is 4.73. The van der Waals surface area contributed by atoms with Gasteiger partial charge in [-0.1, -0.05) is 19.9 Å². The zero-order chi connectivity index (χ0) is 10.6. The van der Waals surface area contributed by atoms with Crippen molar-refractivity contribution in [2.24, 2.45) is 11.8 Å². The van der Waals surface area contributed by atoms with E-state index in [1.54, 1.807) is 18.4 Å². The second-order valence-electron chi connectivity index (χ2n) is 3.60. The van der Waals surface area contributed by atoms with Crippen LogP contribution in [0.5, 0.6) is 0 Å². The lowest BCUT2D eigenvalue weighted by Gasteiger charge is -2.27. The van der Waals surface area contributed by atoms with Crippen LogP contribution in [-0.4, -0.2) is 13.2 Å². The van der Waals surface area contributed by atoms with Crippen molar-refractivity contribution in [3.63, 3.8) is 0 Å². The Kier molecular flexibility index (Phi) is 4.54. The van der Waals surface area contributed by atoms with Crippen molar-refractivity contribution >= 4 is 11.3 Å². The molecule has 1 heterocycles. The van der Waals surface area contributed by atoms with Crippen molar-refractivity contribution in [3.8, 4) is 0 Å². The average molecular weight is 214 g/mol. The molecule has 0 radical (unpaired) electrons. The van der Waals surface area contributed by atoms with Gasteiger partial charge in [0.15, 0.2) is 0 Å². The largest absolute Gasteiger partial charge is 0.379 e. The van der Waals surface area contributed by atoms with Gasteiger partial charge in [0, 0.05) is 12.0 Å². The monoisotopic (exact) mass is 214 g/mol. The van der Waals surface area contributed by atoms with Crippen molar-refractivity contribution in [2.75, 3.05) is 7.11 Å². The molecule has 0 amide bonds. The van der Waals surface area contributed by atoms with Crippen molar-refractivity contribution in [2.45, 2.75) is 26.0 Å². The van der Waals surface area contributed by atoms with Gasteiger partial charge in [-0.15, -0.1) is 11.3 Å². The number of hydrazine groups is 1. The molecule has 0 saturated carbocycles. The summed E-state index contributed by atoms with van der Waals surface area (Å²) in [5.41, 5.74) is 2.82. The molecule has 1 aromatic rings. The van der Waals surface area contributed by atoms with Crippen LogP contribution >= 0.6 is 11.3 Å². The smallest absolute Gasteiger partial charge is 0.0817 e. The van der Waals surface area contributed by atoms with E-state index in [2.05, 4.69) is 25.3 Å². The molecule has 4 heteroatoms. The molecule has 0 aromatic carbocycles. The second-order valence-corrected chi connectivity index (χ2v) is 4.58. The van der Waals surface area contributed by atoms with Crippen LogP contribution in [0.3, 0.4) is 0 Å². The second kappa shape index (κ2) is 5.46. The van der Waals surface area contributed by atoms with Crippen LogP contribution in [0.4, 0.5) is 0 Å². The Morgan fingerprint density at radius 3 is 2.57 bits per heavy atom. The lowest BCUT2D eigenvalue weighted by atomic mass is 9.99. The van der Waals surface area contributed by atoms with Gasteiger partial charge in [-0.3, -0.25) is 5.84 Å². The Morgan fingerprint density at radius 1 is 1.50 bits per heavy atom. The fourth-order valence-corrected chi connectivity index (χ4v) is 2.42. The van der Waals surface area contributed by atoms with Crippen LogP contribution in [0.25, 0.3) is 0 Å². The van der Waals surface area contributed by atoms with Crippen LogP contribution < -0.4 is 11.3 Å². The fourth-order valence-electron chi connectivity index (χ4n) is 1.60. The summed E-state index contributed by atoms with van der Waals surface area (Å²) in [6, 6.07) is 4.18. The topological polar surface area (TPSA) is 47.3 Å². The number of hydrogen-bond acceptors (Lipinski definition) is 4. The van der Waals surface area contributed by atoms with Gasteiger partial charge in [0.2, 0.25) is 0 Å². The van der Waals surface area contributed by atoms with E-state index in [0.29, 0.717) is 5.92 Å². The maximum Gasteiger partial charge on any atom is 0.0817 e. The number of ether oxygens (including phenoxy) is 1. The zero-order valence-electron chi connectivity index (χ0n) is 8.86. The first kappa shape index (κ1) is 11.7. The van der Waals surface area contributed by atoms with Gasteiger partial charge >= 0.3 is 0 Å². The number of hydrogen-bond donors (Lipinski definition) is 2. The maximum atomic E-state index is 5.55. The summed E-state index contributed by atoms with van der Waals surface area (Å²) in [7, 11) is 1.72. The third kappa shape index (κ3) is 2.54. The van der Waals surface area contributed by atoms with Crippen LogP contribution in [0.1, 0.15) is 24.8 Å². The molecule has 0 fully saturated rings. The van der Waals surface area contributed by atoms with Crippen LogP contribution in [-0.2, 0) is 4.74 Å². The van der Waals surface area contributed by atoms with E-state index in [1.807, 2.05) is 11.4 Å². The van der Waals surface area contributed by atoms with Crippen molar-refractivity contribution in [3.05, 3.63) is 22.4 Å². The highest BCUT2D eigenvalue weighted by molar-refractivity contribution is 7.10. The molecule has 1 aromatic heterocycles. The summed E-state index contributed by atoms with van der Waals surface area (Å²) in [6.45, 7) is 4.26. The zero-order valence-corrected chi connectivity index (χ0v) is 9.67. The van der Waals surface area contributed by atoms with E-state index in [1.165, 1.54) is 4.88 Å². The van der Waals surface area contributed by atoms with E-state index in [-0.39, 0.29) is 12.1 Å². The van der Waals surface area contributed by atoms with Gasteiger partial charge in [-0.2, -0.15) is 0 Å². The molecule has 0 aliphatic carbocycles. The van der Waals surface area contributed by atoms with Gasteiger partial charge < -0.3 is 4.74 Å². The molecule has 0 aliphatic rings. The molecule has 3 nitrogen and oxygen atoms in total. The van der Waals surface area contributed by atoms with Gasteiger partial charge in [0.05, 0.1) is 12.1 Å². The molecule has 0 bridgehead atoms. The summed E-state index contributed by atoms with van der Waals surface area (Å²) in [4.78, 5) is 1.22. The first-order valence-corrected chi connectivity index (χ1v) is 5.61. The molecule has 2 unspecified atom stereocenters. The van der Waals surface area contributed by atoms with Crippen molar-refractivity contribution < 1.29 is 4.74 Å². The molecule has 2 atom stereocenters. The standard InChI is InChI=1S/C10H18N2OS/c1-7(2)10(13-3)9(12-11)8-5-4-6-14-8/h4-7,9-10,12H,11H2,1-3H3. The fraction of sp³-hybridized carbons (Fsp3) is 0.600. The highest BCUT2D eigenvalue weighted by Gasteiger charge is 2.25. The lowest BCUT2D eigenvalue weighted by molar-refractivity contribution is 0.0336. The van der Waals surface area contributed by atoms with Crippen LogP contribution in [0.15, 0.2) is 17.5 Å². The van der Waals surface area contributed by atoms with Crippen LogP contribution in [0, 0.1) is 5.92 Å². The Hall–Kier alpha value is -0.420. The van der Waals surface area contributed by atoms with E-state index in [9.17, 15) is 0 Å². The van der Waals surface area contributed by atoms with Crippen LogP contribution in [0.2, 0.25) is 0 Å². The van der Waals surface area contributed by atoms with E-state index in [0.717, 1.165) is 0 Å². The summed E-state index contributed by atoms with van der Waals surface area (Å²) in [5, 5.41) is 2.05. The maximum absolute atomic E-state index is 5.55. The minimum absolute atomic E-state index is 0.0833. The van der Waals surface area contributed by atoms with E-state index >= 15 is 0 Å². The summed E-state index contributed by atoms with van der Waals surface area (Å²) in [5.74, 6) is 5.99. The first-order chi connectivity index (χ1) is 6.70. The number of rotatable bonds is 5. The minimum Gasteiger partial charge on any atom is -0.379 e. The third-order valence-electron chi connectivity index (χ3n) is 2.29. The Morgan fingerprint density at radius 2 is 2.21 bits per heavy atom. The molecule has 3 N–H and O–H groups in total. The summed E-state index contributed by atoms with van der Waals surface area (Å²) >= 11 is 1.69. The highest BCUT2D eigenvalue weighted by Crippen LogP contribution is 2.26. The Bertz CT molecular complexity index is 249. The predicted octanol–water partition coefficient (Wildman–Crippen LogP) is 1.92. The Balaban J connectivity index is 2.79. The third-order valence-corrected chi connectivity index (χ3v) is 3.24. The van der Waals surface area contributed by atoms with Gasteiger partial charge in [-0.05, 0) is 17.4 Å². The van der Waals surface area contributed by atoms with Gasteiger partial charge in [0.1, 0.15) is 0 Å². The molecule has 0 saturated heterocycles. The molecular formula is C10H18N2OS. The number of nitrogens with one attached hydrogen (secondary N) is 1. The highest BCUT2D eigenvalue weighted by atomic mass is 32.1. The predicted molar refractivity (Wildman–Crippen MR) is 60.0 cm³/mol. The molecule has 0 spiro atoms. The van der Waals surface area contributed by atoms with Gasteiger partial charge in [-0.25, -0.2) is 5.43 Å². The SMILES string of the molecule is COC(C(C)C)C(NN)c1cccs1. The lowest BCUT2D eigenvalue weighted by Crippen LogP contribution is -2.39. The Labute approximate surface area is 89.2 Å². The van der Waals surface area contributed by atoms with E-state index in [4.69, 9.17) is 10.6 Å². The molecular weight excluding hydrogens is 196 g/mol. The number of methoxy groups -OCH3 is 1. The van der Waals surface area contributed by atoms with E-state index < -0.39 is 0 Å². The minimum atomic E-state index is 0.0833. The molecule has 0 aliphatic heterocycles. The number of thiophene rings is 1. The van der Waals surface area contributed by atoms with Crippen molar-refractivity contribution in [1.82, 2.24) is 5.43 Å². The normalized spacial score (nSPS) is 15.8. The summed E-state index contributed by atoms with van der Waals surface area (Å²) in [6.07, 6.45) is 0.110. The van der Waals surface area contributed by atoms with Crippen molar-refractivity contribution in [1.29, 1.82) is 0 Å². The molecule has 80 valence electrons. The molecule has 1 rings (SSSR count). The van der Waals surface area contributed by atoms with Gasteiger partial charge in [0.25, 0.3) is 0 Å². The molecule has 14 heavy (non-hydrogen) atoms.